The van der Waals surface area contributed by atoms with Gasteiger partial charge in [0.15, 0.2) is 0 Å². The van der Waals surface area contributed by atoms with Crippen LogP contribution in [0.4, 0.5) is 5.69 Å². The number of nitrogens with zero attached hydrogens (tertiary/aromatic N) is 1. The van der Waals surface area contributed by atoms with Crippen molar-refractivity contribution in [3.8, 4) is 0 Å². The number of benzene rings is 1. The van der Waals surface area contributed by atoms with Crippen LogP contribution in [-0.2, 0) is 0 Å². The minimum atomic E-state index is 0.543. The SMILES string of the molecule is CC1CN(c2c(Br)cccc2Br)CCCN1. The molecule has 1 saturated heterocycles. The van der Waals surface area contributed by atoms with E-state index in [1.807, 2.05) is 0 Å². The second-order valence-electron chi connectivity index (χ2n) is 4.23. The molecule has 0 bridgehead atoms. The van der Waals surface area contributed by atoms with E-state index in [9.17, 15) is 0 Å². The molecule has 1 unspecified atom stereocenters. The number of para-hydroxylation sites is 1. The predicted octanol–water partition coefficient (Wildman–Crippen LogP) is 3.40. The van der Waals surface area contributed by atoms with Gasteiger partial charge in [-0.15, -0.1) is 0 Å². The van der Waals surface area contributed by atoms with Gasteiger partial charge in [0, 0.05) is 28.1 Å². The lowest BCUT2D eigenvalue weighted by atomic mass is 10.2. The second kappa shape index (κ2) is 5.52. The van der Waals surface area contributed by atoms with E-state index >= 15 is 0 Å². The first-order valence-corrected chi connectivity index (χ1v) is 7.19. The van der Waals surface area contributed by atoms with Crippen LogP contribution in [0.25, 0.3) is 0 Å². The van der Waals surface area contributed by atoms with E-state index in [1.165, 1.54) is 12.1 Å². The lowest BCUT2D eigenvalue weighted by Crippen LogP contribution is -2.35. The fourth-order valence-electron chi connectivity index (χ4n) is 2.10. The number of nitrogens with one attached hydrogen (secondary N) is 1. The predicted molar refractivity (Wildman–Crippen MR) is 76.1 cm³/mol. The van der Waals surface area contributed by atoms with E-state index in [1.54, 1.807) is 0 Å². The van der Waals surface area contributed by atoms with Gasteiger partial charge < -0.3 is 10.2 Å². The Morgan fingerprint density at radius 3 is 2.69 bits per heavy atom. The van der Waals surface area contributed by atoms with Gasteiger partial charge in [-0.2, -0.15) is 0 Å². The van der Waals surface area contributed by atoms with Gasteiger partial charge in [0.25, 0.3) is 0 Å². The molecule has 0 saturated carbocycles. The number of hydrogen-bond donors (Lipinski definition) is 1. The first-order valence-electron chi connectivity index (χ1n) is 5.61. The smallest absolute Gasteiger partial charge is 0.0655 e. The molecule has 0 radical (unpaired) electrons. The van der Waals surface area contributed by atoms with Gasteiger partial charge in [0.05, 0.1) is 5.69 Å². The third-order valence-corrected chi connectivity index (χ3v) is 4.13. The highest BCUT2D eigenvalue weighted by atomic mass is 79.9. The number of rotatable bonds is 1. The molecule has 88 valence electrons. The molecule has 4 heteroatoms. The molecule has 1 N–H and O–H groups in total. The zero-order valence-electron chi connectivity index (χ0n) is 9.34. The highest BCUT2D eigenvalue weighted by molar-refractivity contribution is 9.11. The van der Waals surface area contributed by atoms with Crippen LogP contribution < -0.4 is 10.2 Å². The fourth-order valence-corrected chi connectivity index (χ4v) is 3.60. The maximum Gasteiger partial charge on any atom is 0.0655 e. The summed E-state index contributed by atoms with van der Waals surface area (Å²) in [6.07, 6.45) is 1.19. The minimum Gasteiger partial charge on any atom is -0.368 e. The van der Waals surface area contributed by atoms with Crippen LogP contribution in [0, 0.1) is 0 Å². The Morgan fingerprint density at radius 2 is 2.00 bits per heavy atom. The molecule has 0 aliphatic carbocycles. The molecule has 0 spiro atoms. The third kappa shape index (κ3) is 2.79. The average Bonchev–Trinajstić information content (AvgIpc) is 2.43. The van der Waals surface area contributed by atoms with E-state index in [-0.39, 0.29) is 0 Å². The first-order chi connectivity index (χ1) is 7.68. The highest BCUT2D eigenvalue weighted by Gasteiger charge is 2.18. The van der Waals surface area contributed by atoms with Crippen molar-refractivity contribution in [2.24, 2.45) is 0 Å². The third-order valence-electron chi connectivity index (χ3n) is 2.85. The van der Waals surface area contributed by atoms with Crippen LogP contribution in [-0.4, -0.2) is 25.7 Å². The van der Waals surface area contributed by atoms with E-state index in [2.05, 4.69) is 67.2 Å². The second-order valence-corrected chi connectivity index (χ2v) is 5.93. The summed E-state index contributed by atoms with van der Waals surface area (Å²) in [6, 6.07) is 6.80. The van der Waals surface area contributed by atoms with Crippen molar-refractivity contribution in [3.05, 3.63) is 27.1 Å². The van der Waals surface area contributed by atoms with Crippen molar-refractivity contribution in [2.45, 2.75) is 19.4 Å². The molecule has 1 aromatic rings. The highest BCUT2D eigenvalue weighted by Crippen LogP contribution is 2.34. The van der Waals surface area contributed by atoms with Gasteiger partial charge in [0.2, 0.25) is 0 Å². The largest absolute Gasteiger partial charge is 0.368 e. The molecule has 0 amide bonds. The molecule has 1 heterocycles. The quantitative estimate of drug-likeness (QED) is 0.837. The molecule has 1 aliphatic rings. The standard InChI is InChI=1S/C12H16Br2N2/c1-9-8-16(7-3-6-15-9)12-10(13)4-2-5-11(12)14/h2,4-5,9,15H,3,6-8H2,1H3. The Bertz CT molecular complexity index is 348. The van der Waals surface area contributed by atoms with Crippen LogP contribution in [0.15, 0.2) is 27.1 Å². The molecule has 1 fully saturated rings. The zero-order chi connectivity index (χ0) is 11.5. The summed E-state index contributed by atoms with van der Waals surface area (Å²) >= 11 is 7.27. The molecule has 1 aliphatic heterocycles. The van der Waals surface area contributed by atoms with Crippen LogP contribution in [0.5, 0.6) is 0 Å². The maximum absolute atomic E-state index is 3.64. The van der Waals surface area contributed by atoms with Crippen molar-refractivity contribution in [3.63, 3.8) is 0 Å². The Hall–Kier alpha value is -0.0600. The van der Waals surface area contributed by atoms with Gasteiger partial charge in [0.1, 0.15) is 0 Å². The van der Waals surface area contributed by atoms with Crippen molar-refractivity contribution in [1.82, 2.24) is 5.32 Å². The van der Waals surface area contributed by atoms with Crippen molar-refractivity contribution < 1.29 is 0 Å². The lowest BCUT2D eigenvalue weighted by Gasteiger charge is -2.27. The van der Waals surface area contributed by atoms with Crippen LogP contribution in [0.1, 0.15) is 13.3 Å². The molecule has 16 heavy (non-hydrogen) atoms. The monoisotopic (exact) mass is 346 g/mol. The summed E-state index contributed by atoms with van der Waals surface area (Å²) in [6.45, 7) is 5.52. The summed E-state index contributed by atoms with van der Waals surface area (Å²) in [4.78, 5) is 2.44. The molecule has 1 atom stereocenters. The fraction of sp³-hybridized carbons (Fsp3) is 0.500. The molecular formula is C12H16Br2N2. The minimum absolute atomic E-state index is 0.543. The van der Waals surface area contributed by atoms with Crippen molar-refractivity contribution in [1.29, 1.82) is 0 Å². The van der Waals surface area contributed by atoms with Crippen LogP contribution in [0.3, 0.4) is 0 Å². The van der Waals surface area contributed by atoms with E-state index in [0.717, 1.165) is 28.6 Å². The van der Waals surface area contributed by atoms with Gasteiger partial charge >= 0.3 is 0 Å². The summed E-state index contributed by atoms with van der Waals surface area (Å²) in [5, 5.41) is 3.51. The Labute approximate surface area is 114 Å². The topological polar surface area (TPSA) is 15.3 Å². The van der Waals surface area contributed by atoms with Gasteiger partial charge in [-0.25, -0.2) is 0 Å². The van der Waals surface area contributed by atoms with Crippen molar-refractivity contribution in [2.75, 3.05) is 24.5 Å². The van der Waals surface area contributed by atoms with Crippen molar-refractivity contribution >= 4 is 37.5 Å². The Kier molecular flexibility index (Phi) is 4.27. The van der Waals surface area contributed by atoms with E-state index in [0.29, 0.717) is 6.04 Å². The zero-order valence-corrected chi connectivity index (χ0v) is 12.5. The summed E-state index contributed by atoms with van der Waals surface area (Å²) in [7, 11) is 0. The van der Waals surface area contributed by atoms with Gasteiger partial charge in [-0.1, -0.05) is 6.07 Å². The molecule has 1 aromatic carbocycles. The number of hydrogen-bond acceptors (Lipinski definition) is 2. The first kappa shape index (κ1) is 12.4. The normalized spacial score (nSPS) is 21.9. The van der Waals surface area contributed by atoms with E-state index < -0.39 is 0 Å². The molecule has 2 nitrogen and oxygen atoms in total. The average molecular weight is 348 g/mol. The lowest BCUT2D eigenvalue weighted by molar-refractivity contribution is 0.584. The summed E-state index contributed by atoms with van der Waals surface area (Å²) < 4.78 is 2.33. The number of halogens is 2. The Balaban J connectivity index is 2.28. The molecular weight excluding hydrogens is 332 g/mol. The summed E-state index contributed by atoms with van der Waals surface area (Å²) in [5.74, 6) is 0. The molecule has 0 aromatic heterocycles. The summed E-state index contributed by atoms with van der Waals surface area (Å²) in [5.41, 5.74) is 1.28. The Morgan fingerprint density at radius 1 is 1.31 bits per heavy atom. The van der Waals surface area contributed by atoms with Gasteiger partial charge in [-0.05, 0) is 63.9 Å². The molecule has 2 rings (SSSR count). The number of anilines is 1. The maximum atomic E-state index is 3.64. The van der Waals surface area contributed by atoms with Crippen LogP contribution in [0.2, 0.25) is 0 Å². The van der Waals surface area contributed by atoms with E-state index in [4.69, 9.17) is 0 Å². The van der Waals surface area contributed by atoms with Gasteiger partial charge in [-0.3, -0.25) is 0 Å². The van der Waals surface area contributed by atoms with Crippen LogP contribution >= 0.6 is 31.9 Å².